The minimum Gasteiger partial charge on any atom is -0.370 e. The van der Waals surface area contributed by atoms with Crippen LogP contribution in [-0.4, -0.2) is 18.1 Å². The Morgan fingerprint density at radius 2 is 2.12 bits per heavy atom. The summed E-state index contributed by atoms with van der Waals surface area (Å²) < 4.78 is 1.11. The number of pyridine rings is 1. The van der Waals surface area contributed by atoms with E-state index < -0.39 is 0 Å². The molecule has 3 heteroatoms. The molecule has 1 aromatic heterocycles. The summed E-state index contributed by atoms with van der Waals surface area (Å²) in [5.74, 6) is 0. The molecule has 1 aliphatic rings. The maximum Gasteiger partial charge on any atom is 0.0592 e. The van der Waals surface area contributed by atoms with Gasteiger partial charge in [-0.1, -0.05) is 20.3 Å². The van der Waals surface area contributed by atoms with Crippen LogP contribution in [0.15, 0.2) is 22.9 Å². The summed E-state index contributed by atoms with van der Waals surface area (Å²) >= 11 is 3.57. The number of nitrogens with zero attached hydrogens (tertiary/aromatic N) is 2. The van der Waals surface area contributed by atoms with Crippen molar-refractivity contribution in [3.05, 3.63) is 22.9 Å². The Labute approximate surface area is 106 Å². The first-order valence-corrected chi connectivity index (χ1v) is 6.78. The highest BCUT2D eigenvalue weighted by atomic mass is 79.9. The van der Waals surface area contributed by atoms with Gasteiger partial charge in [0.2, 0.25) is 0 Å². The van der Waals surface area contributed by atoms with Gasteiger partial charge in [-0.05, 0) is 40.3 Å². The average molecular weight is 283 g/mol. The molecular weight excluding hydrogens is 264 g/mol. The molecule has 2 heterocycles. The average Bonchev–Trinajstić information content (AvgIpc) is 2.31. The van der Waals surface area contributed by atoms with Gasteiger partial charge >= 0.3 is 0 Å². The number of hydrogen-bond donors (Lipinski definition) is 0. The van der Waals surface area contributed by atoms with Gasteiger partial charge < -0.3 is 4.90 Å². The van der Waals surface area contributed by atoms with E-state index in [1.807, 2.05) is 12.4 Å². The minimum absolute atomic E-state index is 0.552. The van der Waals surface area contributed by atoms with Gasteiger partial charge in [-0.25, -0.2) is 0 Å². The molecule has 0 atom stereocenters. The van der Waals surface area contributed by atoms with Crippen LogP contribution >= 0.6 is 15.9 Å². The topological polar surface area (TPSA) is 16.1 Å². The fourth-order valence-electron chi connectivity index (χ4n) is 2.27. The van der Waals surface area contributed by atoms with E-state index in [0.717, 1.165) is 17.6 Å². The van der Waals surface area contributed by atoms with E-state index in [-0.39, 0.29) is 0 Å². The molecule has 2 rings (SSSR count). The molecule has 1 aromatic rings. The van der Waals surface area contributed by atoms with Crippen LogP contribution in [0.5, 0.6) is 0 Å². The summed E-state index contributed by atoms with van der Waals surface area (Å²) in [4.78, 5) is 6.57. The molecule has 0 aromatic carbocycles. The largest absolute Gasteiger partial charge is 0.370 e. The predicted octanol–water partition coefficient (Wildman–Crippen LogP) is 3.86. The first-order chi connectivity index (χ1) is 7.64. The van der Waals surface area contributed by atoms with E-state index in [4.69, 9.17) is 0 Å². The molecule has 0 amide bonds. The summed E-state index contributed by atoms with van der Waals surface area (Å²) in [7, 11) is 0. The molecule has 0 N–H and O–H groups in total. The Morgan fingerprint density at radius 1 is 1.44 bits per heavy atom. The highest BCUT2D eigenvalue weighted by Gasteiger charge is 2.28. The van der Waals surface area contributed by atoms with Crippen molar-refractivity contribution >= 4 is 21.6 Å². The van der Waals surface area contributed by atoms with E-state index >= 15 is 0 Å². The second kappa shape index (κ2) is 4.74. The van der Waals surface area contributed by atoms with Crippen molar-refractivity contribution in [3.8, 4) is 0 Å². The third-order valence-corrected chi connectivity index (χ3v) is 4.53. The van der Waals surface area contributed by atoms with Crippen LogP contribution in [0.25, 0.3) is 0 Å². The van der Waals surface area contributed by atoms with Crippen molar-refractivity contribution in [2.24, 2.45) is 5.41 Å². The molecule has 0 saturated carbocycles. The van der Waals surface area contributed by atoms with Gasteiger partial charge in [0.05, 0.1) is 10.2 Å². The van der Waals surface area contributed by atoms with E-state index in [1.165, 1.54) is 24.9 Å². The molecule has 1 fully saturated rings. The number of hydrogen-bond acceptors (Lipinski definition) is 2. The second-order valence-corrected chi connectivity index (χ2v) is 5.83. The maximum absolute atomic E-state index is 4.11. The summed E-state index contributed by atoms with van der Waals surface area (Å²) in [6.45, 7) is 7.03. The SMILES string of the molecule is CCC1(C)CCN(c2ccncc2Br)CC1. The fraction of sp³-hybridized carbons (Fsp3) is 0.615. The standard InChI is InChI=1S/C13H19BrN2/c1-3-13(2)5-8-16(9-6-13)12-4-7-15-10-11(12)14/h4,7,10H,3,5-6,8-9H2,1-2H3. The molecule has 88 valence electrons. The van der Waals surface area contributed by atoms with Crippen LogP contribution in [0, 0.1) is 5.41 Å². The van der Waals surface area contributed by atoms with Gasteiger partial charge in [0.15, 0.2) is 0 Å². The highest BCUT2D eigenvalue weighted by Crippen LogP contribution is 2.37. The third kappa shape index (κ3) is 2.40. The van der Waals surface area contributed by atoms with Crippen LogP contribution in [0.4, 0.5) is 5.69 Å². The van der Waals surface area contributed by atoms with Crippen LogP contribution in [0.1, 0.15) is 33.1 Å². The summed E-state index contributed by atoms with van der Waals surface area (Å²) in [6.07, 6.45) is 7.62. The first-order valence-electron chi connectivity index (χ1n) is 5.99. The Bertz CT molecular complexity index is 357. The van der Waals surface area contributed by atoms with Crippen molar-refractivity contribution in [1.82, 2.24) is 4.98 Å². The van der Waals surface area contributed by atoms with Crippen LogP contribution < -0.4 is 4.90 Å². The Morgan fingerprint density at radius 3 is 2.69 bits per heavy atom. The Kier molecular flexibility index (Phi) is 3.53. The van der Waals surface area contributed by atoms with Gasteiger partial charge in [-0.15, -0.1) is 0 Å². The lowest BCUT2D eigenvalue weighted by Crippen LogP contribution is -2.38. The Balaban J connectivity index is 2.07. The van der Waals surface area contributed by atoms with E-state index in [2.05, 4.69) is 45.7 Å². The summed E-state index contributed by atoms with van der Waals surface area (Å²) in [6, 6.07) is 2.10. The second-order valence-electron chi connectivity index (χ2n) is 4.98. The normalized spacial score (nSPS) is 19.8. The predicted molar refractivity (Wildman–Crippen MR) is 71.8 cm³/mol. The smallest absolute Gasteiger partial charge is 0.0592 e. The van der Waals surface area contributed by atoms with Crippen molar-refractivity contribution in [2.45, 2.75) is 33.1 Å². The molecule has 0 aliphatic carbocycles. The van der Waals surface area contributed by atoms with Gasteiger partial charge in [0.25, 0.3) is 0 Å². The van der Waals surface area contributed by atoms with Crippen molar-refractivity contribution < 1.29 is 0 Å². The first kappa shape index (κ1) is 11.9. The van der Waals surface area contributed by atoms with Crippen LogP contribution in [0.2, 0.25) is 0 Å². The maximum atomic E-state index is 4.11. The van der Waals surface area contributed by atoms with Gasteiger partial charge in [0.1, 0.15) is 0 Å². The molecule has 0 radical (unpaired) electrons. The van der Waals surface area contributed by atoms with Gasteiger partial charge in [-0.2, -0.15) is 0 Å². The van der Waals surface area contributed by atoms with Gasteiger partial charge in [0, 0.05) is 25.5 Å². The zero-order valence-corrected chi connectivity index (χ0v) is 11.6. The summed E-state index contributed by atoms with van der Waals surface area (Å²) in [5.41, 5.74) is 1.84. The quantitative estimate of drug-likeness (QED) is 0.819. The van der Waals surface area contributed by atoms with E-state index in [9.17, 15) is 0 Å². The molecular formula is C13H19BrN2. The van der Waals surface area contributed by atoms with Crippen LogP contribution in [0.3, 0.4) is 0 Å². The molecule has 1 saturated heterocycles. The molecule has 0 bridgehead atoms. The minimum atomic E-state index is 0.552. The zero-order valence-electron chi connectivity index (χ0n) is 10.0. The number of anilines is 1. The van der Waals surface area contributed by atoms with E-state index in [0.29, 0.717) is 5.41 Å². The lowest BCUT2D eigenvalue weighted by Gasteiger charge is -2.40. The van der Waals surface area contributed by atoms with Crippen molar-refractivity contribution in [1.29, 1.82) is 0 Å². The monoisotopic (exact) mass is 282 g/mol. The number of piperidine rings is 1. The molecule has 2 nitrogen and oxygen atoms in total. The summed E-state index contributed by atoms with van der Waals surface area (Å²) in [5, 5.41) is 0. The lowest BCUT2D eigenvalue weighted by atomic mass is 9.78. The third-order valence-electron chi connectivity index (χ3n) is 3.92. The van der Waals surface area contributed by atoms with Crippen LogP contribution in [-0.2, 0) is 0 Å². The molecule has 0 spiro atoms. The molecule has 0 unspecified atom stereocenters. The molecule has 16 heavy (non-hydrogen) atoms. The number of halogens is 1. The fourth-order valence-corrected chi connectivity index (χ4v) is 2.77. The lowest BCUT2D eigenvalue weighted by molar-refractivity contribution is 0.238. The number of rotatable bonds is 2. The van der Waals surface area contributed by atoms with Crippen molar-refractivity contribution in [3.63, 3.8) is 0 Å². The highest BCUT2D eigenvalue weighted by molar-refractivity contribution is 9.10. The molecule has 1 aliphatic heterocycles. The Hall–Kier alpha value is -0.570. The van der Waals surface area contributed by atoms with Crippen molar-refractivity contribution in [2.75, 3.05) is 18.0 Å². The van der Waals surface area contributed by atoms with Gasteiger partial charge in [-0.3, -0.25) is 4.98 Å². The van der Waals surface area contributed by atoms with E-state index in [1.54, 1.807) is 0 Å². The number of aromatic nitrogens is 1. The zero-order chi connectivity index (χ0) is 11.6.